The number of hydrogen-bond donors (Lipinski definition) is 3. The Kier molecular flexibility index (Phi) is 4.55. The van der Waals surface area contributed by atoms with Crippen molar-refractivity contribution in [2.45, 2.75) is 25.1 Å². The van der Waals surface area contributed by atoms with Gasteiger partial charge in [-0.25, -0.2) is 4.79 Å². The molecule has 1 heterocycles. The Balaban J connectivity index is 1.70. The molecule has 0 aromatic heterocycles. The number of alkyl carbamates (subject to hydrolysis) is 1. The van der Waals surface area contributed by atoms with Crippen LogP contribution >= 0.6 is 0 Å². The largest absolute Gasteiger partial charge is 0.445 e. The first-order chi connectivity index (χ1) is 8.78. The van der Waals surface area contributed by atoms with Crippen molar-refractivity contribution in [1.82, 2.24) is 10.6 Å². The molecule has 0 bridgehead atoms. The summed E-state index contributed by atoms with van der Waals surface area (Å²) in [5, 5.41) is 14.9. The van der Waals surface area contributed by atoms with E-state index in [0.29, 0.717) is 6.54 Å². The van der Waals surface area contributed by atoms with Crippen molar-refractivity contribution in [3.05, 3.63) is 35.9 Å². The van der Waals surface area contributed by atoms with E-state index in [2.05, 4.69) is 10.6 Å². The normalized spacial score (nSPS) is 22.7. The summed E-state index contributed by atoms with van der Waals surface area (Å²) in [6, 6.07) is 9.66. The molecule has 18 heavy (non-hydrogen) atoms. The molecule has 2 atom stereocenters. The lowest BCUT2D eigenvalue weighted by molar-refractivity contribution is 0.136. The van der Waals surface area contributed by atoms with Gasteiger partial charge in [0.05, 0.1) is 6.61 Å². The zero-order chi connectivity index (χ0) is 12.8. The predicted octanol–water partition coefficient (Wildman–Crippen LogP) is 0.636. The van der Waals surface area contributed by atoms with Crippen molar-refractivity contribution in [3.63, 3.8) is 0 Å². The minimum atomic E-state index is -0.413. The minimum Gasteiger partial charge on any atom is -0.445 e. The second kappa shape index (κ2) is 6.37. The number of aliphatic hydroxyl groups excluding tert-OH is 1. The molecule has 1 aromatic carbocycles. The molecule has 0 radical (unpaired) electrons. The first-order valence-corrected chi connectivity index (χ1v) is 6.09. The number of hydrogen-bond acceptors (Lipinski definition) is 4. The van der Waals surface area contributed by atoms with E-state index in [1.165, 1.54) is 0 Å². The fourth-order valence-electron chi connectivity index (χ4n) is 2.00. The van der Waals surface area contributed by atoms with Gasteiger partial charge in [0.15, 0.2) is 0 Å². The first kappa shape index (κ1) is 12.9. The molecule has 1 aromatic rings. The van der Waals surface area contributed by atoms with E-state index >= 15 is 0 Å². The molecule has 1 amide bonds. The molecule has 0 unspecified atom stereocenters. The van der Waals surface area contributed by atoms with Crippen molar-refractivity contribution in [3.8, 4) is 0 Å². The summed E-state index contributed by atoms with van der Waals surface area (Å²) >= 11 is 0. The number of amides is 1. The van der Waals surface area contributed by atoms with Crippen LogP contribution in [0.2, 0.25) is 0 Å². The number of nitrogens with one attached hydrogen (secondary N) is 2. The first-order valence-electron chi connectivity index (χ1n) is 6.09. The zero-order valence-electron chi connectivity index (χ0n) is 10.1. The minimum absolute atomic E-state index is 0.0328. The quantitative estimate of drug-likeness (QED) is 0.733. The molecule has 1 aliphatic rings. The molecule has 0 saturated carbocycles. The SMILES string of the molecule is O=C(N[C@H]1CN[C@H](CO)C1)OCc1ccccc1. The summed E-state index contributed by atoms with van der Waals surface area (Å²) < 4.78 is 5.12. The highest BCUT2D eigenvalue weighted by molar-refractivity contribution is 5.67. The van der Waals surface area contributed by atoms with Crippen LogP contribution in [0.4, 0.5) is 4.79 Å². The number of benzene rings is 1. The van der Waals surface area contributed by atoms with Crippen molar-refractivity contribution in [1.29, 1.82) is 0 Å². The third-order valence-corrected chi connectivity index (χ3v) is 2.98. The molecular formula is C13H18N2O3. The molecule has 0 spiro atoms. The summed E-state index contributed by atoms with van der Waals surface area (Å²) in [5.74, 6) is 0. The van der Waals surface area contributed by atoms with E-state index in [9.17, 15) is 4.79 Å². The van der Waals surface area contributed by atoms with Gasteiger partial charge >= 0.3 is 6.09 Å². The average Bonchev–Trinajstić information content (AvgIpc) is 2.85. The van der Waals surface area contributed by atoms with Gasteiger partial charge in [-0.2, -0.15) is 0 Å². The molecule has 0 aliphatic carbocycles. The summed E-state index contributed by atoms with van der Waals surface area (Å²) in [7, 11) is 0. The van der Waals surface area contributed by atoms with Crippen LogP contribution in [0.5, 0.6) is 0 Å². The number of rotatable bonds is 4. The van der Waals surface area contributed by atoms with Crippen LogP contribution < -0.4 is 10.6 Å². The van der Waals surface area contributed by atoms with Gasteiger partial charge in [0.1, 0.15) is 6.61 Å². The van der Waals surface area contributed by atoms with Gasteiger partial charge in [-0.1, -0.05) is 30.3 Å². The van der Waals surface area contributed by atoms with E-state index in [-0.39, 0.29) is 25.3 Å². The summed E-state index contributed by atoms with van der Waals surface area (Å²) in [6.07, 6.45) is 0.320. The second-order valence-corrected chi connectivity index (χ2v) is 4.43. The Labute approximate surface area is 106 Å². The lowest BCUT2D eigenvalue weighted by Crippen LogP contribution is -2.36. The van der Waals surface area contributed by atoms with Crippen molar-refractivity contribution >= 4 is 6.09 Å². The van der Waals surface area contributed by atoms with E-state index in [0.717, 1.165) is 12.0 Å². The van der Waals surface area contributed by atoms with Gasteiger partial charge in [0, 0.05) is 18.6 Å². The standard InChI is InChI=1S/C13H18N2O3/c16-8-12-6-11(7-14-12)15-13(17)18-9-10-4-2-1-3-5-10/h1-5,11-12,14,16H,6-9H2,(H,15,17)/t11-,12+/m1/s1. The van der Waals surface area contributed by atoms with E-state index < -0.39 is 6.09 Å². The lowest BCUT2D eigenvalue weighted by Gasteiger charge is -2.12. The summed E-state index contributed by atoms with van der Waals surface area (Å²) in [4.78, 5) is 11.5. The topological polar surface area (TPSA) is 70.6 Å². The van der Waals surface area contributed by atoms with E-state index in [1.807, 2.05) is 30.3 Å². The summed E-state index contributed by atoms with van der Waals surface area (Å²) in [5.41, 5.74) is 0.963. The Hall–Kier alpha value is -1.59. The lowest BCUT2D eigenvalue weighted by atomic mass is 10.2. The van der Waals surface area contributed by atoms with E-state index in [4.69, 9.17) is 9.84 Å². The Morgan fingerprint density at radius 3 is 2.89 bits per heavy atom. The maximum absolute atomic E-state index is 11.5. The van der Waals surface area contributed by atoms with Crippen LogP contribution in [0.25, 0.3) is 0 Å². The third-order valence-electron chi connectivity index (χ3n) is 2.98. The highest BCUT2D eigenvalue weighted by atomic mass is 16.5. The smallest absolute Gasteiger partial charge is 0.407 e. The Morgan fingerprint density at radius 2 is 2.22 bits per heavy atom. The molecule has 5 nitrogen and oxygen atoms in total. The number of aliphatic hydroxyl groups is 1. The molecule has 3 N–H and O–H groups in total. The highest BCUT2D eigenvalue weighted by Crippen LogP contribution is 2.06. The van der Waals surface area contributed by atoms with Crippen LogP contribution in [0.1, 0.15) is 12.0 Å². The number of ether oxygens (including phenoxy) is 1. The molecular weight excluding hydrogens is 232 g/mol. The molecule has 1 aliphatic heterocycles. The van der Waals surface area contributed by atoms with Crippen LogP contribution in [0.3, 0.4) is 0 Å². The van der Waals surface area contributed by atoms with Gasteiger partial charge in [0.25, 0.3) is 0 Å². The number of carbonyl (C=O) groups excluding carboxylic acids is 1. The summed E-state index contributed by atoms with van der Waals surface area (Å²) in [6.45, 7) is 1.04. The van der Waals surface area contributed by atoms with Gasteiger partial charge in [-0.05, 0) is 12.0 Å². The van der Waals surface area contributed by atoms with Gasteiger partial charge in [-0.15, -0.1) is 0 Å². The Morgan fingerprint density at radius 1 is 1.44 bits per heavy atom. The maximum Gasteiger partial charge on any atom is 0.407 e. The van der Waals surface area contributed by atoms with Crippen molar-refractivity contribution in [2.24, 2.45) is 0 Å². The molecule has 5 heteroatoms. The Bertz CT molecular complexity index is 383. The van der Waals surface area contributed by atoms with Gasteiger partial charge in [0.2, 0.25) is 0 Å². The van der Waals surface area contributed by atoms with Gasteiger partial charge in [-0.3, -0.25) is 0 Å². The fourth-order valence-corrected chi connectivity index (χ4v) is 2.00. The van der Waals surface area contributed by atoms with Crippen molar-refractivity contribution < 1.29 is 14.6 Å². The highest BCUT2D eigenvalue weighted by Gasteiger charge is 2.24. The van der Waals surface area contributed by atoms with Crippen LogP contribution in [-0.4, -0.2) is 36.4 Å². The van der Waals surface area contributed by atoms with Crippen LogP contribution in [0.15, 0.2) is 30.3 Å². The molecule has 1 fully saturated rings. The maximum atomic E-state index is 11.5. The second-order valence-electron chi connectivity index (χ2n) is 4.43. The van der Waals surface area contributed by atoms with Crippen LogP contribution in [0, 0.1) is 0 Å². The monoisotopic (exact) mass is 250 g/mol. The number of carbonyl (C=O) groups is 1. The molecule has 98 valence electrons. The van der Waals surface area contributed by atoms with Crippen molar-refractivity contribution in [2.75, 3.05) is 13.2 Å². The third kappa shape index (κ3) is 3.72. The van der Waals surface area contributed by atoms with Gasteiger partial charge < -0.3 is 20.5 Å². The van der Waals surface area contributed by atoms with Crippen LogP contribution in [-0.2, 0) is 11.3 Å². The molecule has 1 saturated heterocycles. The average molecular weight is 250 g/mol. The molecule has 2 rings (SSSR count). The van der Waals surface area contributed by atoms with E-state index in [1.54, 1.807) is 0 Å². The fraction of sp³-hybridized carbons (Fsp3) is 0.462. The zero-order valence-corrected chi connectivity index (χ0v) is 10.1. The predicted molar refractivity (Wildman–Crippen MR) is 67.0 cm³/mol.